The van der Waals surface area contributed by atoms with Crippen LogP contribution in [0.3, 0.4) is 0 Å². The molecule has 1 amide bonds. The zero-order chi connectivity index (χ0) is 12.8. The molecule has 0 radical (unpaired) electrons. The number of anilines is 1. The van der Waals surface area contributed by atoms with Crippen LogP contribution in [0, 0.1) is 0 Å². The Morgan fingerprint density at radius 3 is 2.82 bits per heavy atom. The largest absolute Gasteiger partial charge is 0.384 e. The van der Waals surface area contributed by atoms with Crippen LogP contribution >= 0.6 is 27.5 Å². The van der Waals surface area contributed by atoms with Gasteiger partial charge in [0.05, 0.1) is 0 Å². The van der Waals surface area contributed by atoms with Crippen molar-refractivity contribution in [2.24, 2.45) is 0 Å². The van der Waals surface area contributed by atoms with Crippen LogP contribution in [0.15, 0.2) is 22.7 Å². The predicted molar refractivity (Wildman–Crippen MR) is 75.6 cm³/mol. The van der Waals surface area contributed by atoms with Crippen molar-refractivity contribution in [3.05, 3.63) is 27.7 Å². The fourth-order valence-corrected chi connectivity index (χ4v) is 1.88. The van der Waals surface area contributed by atoms with E-state index in [1.807, 2.05) is 18.2 Å². The third-order valence-corrected chi connectivity index (χ3v) is 3.24. The van der Waals surface area contributed by atoms with Gasteiger partial charge in [-0.25, -0.2) is 0 Å². The summed E-state index contributed by atoms with van der Waals surface area (Å²) in [4.78, 5) is 12.9. The van der Waals surface area contributed by atoms with Crippen molar-refractivity contribution in [3.63, 3.8) is 0 Å². The highest BCUT2D eigenvalue weighted by atomic mass is 79.9. The molecule has 1 aromatic rings. The molecule has 0 saturated carbocycles. The van der Waals surface area contributed by atoms with Gasteiger partial charge in [0.1, 0.15) is 0 Å². The summed E-state index contributed by atoms with van der Waals surface area (Å²) in [6, 6.07) is 5.58. The summed E-state index contributed by atoms with van der Waals surface area (Å²) in [7, 11) is 3.53. The molecule has 0 saturated heterocycles. The average molecular weight is 320 g/mol. The van der Waals surface area contributed by atoms with E-state index in [1.54, 1.807) is 19.0 Å². The second-order valence-corrected chi connectivity index (χ2v) is 5.23. The standard InChI is InChI=1S/C12H16BrClN2O/c1-16(2)12(17)4-3-7-15-11-8-9(14)5-6-10(11)13/h5-6,8,15H,3-4,7H2,1-2H3. The van der Waals surface area contributed by atoms with E-state index < -0.39 is 0 Å². The lowest BCUT2D eigenvalue weighted by molar-refractivity contribution is -0.128. The Labute approximate surface area is 115 Å². The molecule has 5 heteroatoms. The van der Waals surface area contributed by atoms with E-state index in [9.17, 15) is 4.79 Å². The van der Waals surface area contributed by atoms with E-state index in [4.69, 9.17) is 11.6 Å². The topological polar surface area (TPSA) is 32.3 Å². The first-order chi connectivity index (χ1) is 8.00. The van der Waals surface area contributed by atoms with Crippen molar-refractivity contribution in [2.45, 2.75) is 12.8 Å². The molecule has 0 fully saturated rings. The molecule has 0 aromatic heterocycles. The molecule has 0 unspecified atom stereocenters. The summed E-state index contributed by atoms with van der Waals surface area (Å²) >= 11 is 9.34. The maximum Gasteiger partial charge on any atom is 0.222 e. The summed E-state index contributed by atoms with van der Waals surface area (Å²) in [6.45, 7) is 0.749. The number of halogens is 2. The second-order valence-electron chi connectivity index (χ2n) is 3.94. The quantitative estimate of drug-likeness (QED) is 0.844. The molecule has 0 spiro atoms. The number of hydrogen-bond donors (Lipinski definition) is 1. The highest BCUT2D eigenvalue weighted by Gasteiger charge is 2.04. The monoisotopic (exact) mass is 318 g/mol. The third kappa shape index (κ3) is 4.96. The van der Waals surface area contributed by atoms with Crippen molar-refractivity contribution in [1.82, 2.24) is 4.90 Å². The lowest BCUT2D eigenvalue weighted by Crippen LogP contribution is -2.22. The van der Waals surface area contributed by atoms with Gasteiger partial charge in [0.15, 0.2) is 0 Å². The summed E-state index contributed by atoms with van der Waals surface area (Å²) < 4.78 is 0.973. The molecule has 1 N–H and O–H groups in total. The van der Waals surface area contributed by atoms with Gasteiger partial charge in [-0.3, -0.25) is 4.79 Å². The molecule has 1 rings (SSSR count). The van der Waals surface area contributed by atoms with E-state index in [-0.39, 0.29) is 5.91 Å². The summed E-state index contributed by atoms with van der Waals surface area (Å²) in [5.41, 5.74) is 0.954. The molecule has 0 heterocycles. The van der Waals surface area contributed by atoms with Gasteiger partial charge in [-0.05, 0) is 40.5 Å². The average Bonchev–Trinajstić information content (AvgIpc) is 2.28. The minimum absolute atomic E-state index is 0.150. The van der Waals surface area contributed by atoms with E-state index in [2.05, 4.69) is 21.2 Å². The Kier molecular flexibility index (Phi) is 5.78. The third-order valence-electron chi connectivity index (χ3n) is 2.31. The lowest BCUT2D eigenvalue weighted by atomic mass is 10.2. The number of hydrogen-bond acceptors (Lipinski definition) is 2. The van der Waals surface area contributed by atoms with Gasteiger partial charge in [-0.2, -0.15) is 0 Å². The lowest BCUT2D eigenvalue weighted by Gasteiger charge is -2.11. The molecule has 0 aliphatic heterocycles. The summed E-state index contributed by atoms with van der Waals surface area (Å²) in [5, 5.41) is 3.94. The van der Waals surface area contributed by atoms with Crippen LogP contribution in [0.4, 0.5) is 5.69 Å². The maximum absolute atomic E-state index is 11.3. The number of amides is 1. The second kappa shape index (κ2) is 6.87. The van der Waals surface area contributed by atoms with E-state index >= 15 is 0 Å². The Balaban J connectivity index is 2.36. The van der Waals surface area contributed by atoms with Crippen molar-refractivity contribution in [1.29, 1.82) is 0 Å². The van der Waals surface area contributed by atoms with Crippen LogP contribution in [0.1, 0.15) is 12.8 Å². The molecule has 0 atom stereocenters. The highest BCUT2D eigenvalue weighted by molar-refractivity contribution is 9.10. The Morgan fingerprint density at radius 2 is 2.18 bits per heavy atom. The van der Waals surface area contributed by atoms with Crippen LogP contribution in [-0.2, 0) is 4.79 Å². The van der Waals surface area contributed by atoms with Gasteiger partial charge in [-0.15, -0.1) is 0 Å². The minimum atomic E-state index is 0.150. The molecule has 17 heavy (non-hydrogen) atoms. The SMILES string of the molecule is CN(C)C(=O)CCCNc1cc(Cl)ccc1Br. The van der Waals surface area contributed by atoms with Gasteiger partial charge in [0, 0.05) is 42.2 Å². The van der Waals surface area contributed by atoms with Crippen molar-refractivity contribution in [2.75, 3.05) is 26.0 Å². The molecule has 0 aliphatic rings. The Hall–Kier alpha value is -0.740. The fourth-order valence-electron chi connectivity index (χ4n) is 1.32. The van der Waals surface area contributed by atoms with Crippen LogP contribution < -0.4 is 5.32 Å². The number of nitrogens with one attached hydrogen (secondary N) is 1. The molecule has 1 aromatic carbocycles. The molecular weight excluding hydrogens is 304 g/mol. The molecule has 0 aliphatic carbocycles. The van der Waals surface area contributed by atoms with Gasteiger partial charge in [-0.1, -0.05) is 11.6 Å². The zero-order valence-corrected chi connectivity index (χ0v) is 12.3. The number of carbonyl (C=O) groups is 1. The maximum atomic E-state index is 11.3. The molecular formula is C12H16BrClN2O. The number of carbonyl (C=O) groups excluding carboxylic acids is 1. The smallest absolute Gasteiger partial charge is 0.222 e. The van der Waals surface area contributed by atoms with Gasteiger partial charge in [0.25, 0.3) is 0 Å². The van der Waals surface area contributed by atoms with E-state index in [0.717, 1.165) is 23.1 Å². The molecule has 3 nitrogen and oxygen atoms in total. The van der Waals surface area contributed by atoms with E-state index in [1.165, 1.54) is 0 Å². The summed E-state index contributed by atoms with van der Waals surface area (Å²) in [6.07, 6.45) is 1.36. The predicted octanol–water partition coefficient (Wildman–Crippen LogP) is 3.38. The first-order valence-corrected chi connectivity index (χ1v) is 6.57. The number of nitrogens with zero attached hydrogens (tertiary/aromatic N) is 1. The van der Waals surface area contributed by atoms with Crippen molar-refractivity contribution >= 4 is 39.1 Å². The first-order valence-electron chi connectivity index (χ1n) is 5.40. The fraction of sp³-hybridized carbons (Fsp3) is 0.417. The Bertz CT molecular complexity index is 396. The van der Waals surface area contributed by atoms with Crippen LogP contribution in [0.5, 0.6) is 0 Å². The van der Waals surface area contributed by atoms with Crippen molar-refractivity contribution < 1.29 is 4.79 Å². The van der Waals surface area contributed by atoms with E-state index in [0.29, 0.717) is 11.4 Å². The highest BCUT2D eigenvalue weighted by Crippen LogP contribution is 2.25. The van der Waals surface area contributed by atoms with Gasteiger partial charge >= 0.3 is 0 Å². The normalized spacial score (nSPS) is 10.1. The molecule has 0 bridgehead atoms. The summed E-state index contributed by atoms with van der Waals surface area (Å²) in [5.74, 6) is 0.150. The Morgan fingerprint density at radius 1 is 1.47 bits per heavy atom. The minimum Gasteiger partial charge on any atom is -0.384 e. The first kappa shape index (κ1) is 14.3. The van der Waals surface area contributed by atoms with Gasteiger partial charge in [0.2, 0.25) is 5.91 Å². The van der Waals surface area contributed by atoms with Gasteiger partial charge < -0.3 is 10.2 Å². The molecule has 94 valence electrons. The number of rotatable bonds is 5. The van der Waals surface area contributed by atoms with Crippen LogP contribution in [0.2, 0.25) is 5.02 Å². The van der Waals surface area contributed by atoms with Crippen molar-refractivity contribution in [3.8, 4) is 0 Å². The number of benzene rings is 1. The zero-order valence-electron chi connectivity index (χ0n) is 9.96. The van der Waals surface area contributed by atoms with Crippen LogP contribution in [-0.4, -0.2) is 31.4 Å². The van der Waals surface area contributed by atoms with Crippen LogP contribution in [0.25, 0.3) is 0 Å².